The highest BCUT2D eigenvalue weighted by atomic mass is 32.2. The van der Waals surface area contributed by atoms with Gasteiger partial charge in [-0.15, -0.1) is 0 Å². The molecule has 11 nitrogen and oxygen atoms in total. The van der Waals surface area contributed by atoms with E-state index in [1.807, 2.05) is 60.9 Å². The Hall–Kier alpha value is -3.94. The number of hydrogen-bond donors (Lipinski definition) is 5. The number of ether oxygens (including phenoxy) is 2. The Bertz CT molecular complexity index is 1390. The molecule has 1 aliphatic rings. The molecule has 2 aromatic carbocycles. The number of esters is 1. The van der Waals surface area contributed by atoms with E-state index in [1.165, 1.54) is 7.11 Å². The molecule has 2 aromatic rings. The van der Waals surface area contributed by atoms with Gasteiger partial charge in [-0.3, -0.25) is 9.69 Å². The summed E-state index contributed by atoms with van der Waals surface area (Å²) in [7, 11) is 1.34. The second kappa shape index (κ2) is 22.1. The van der Waals surface area contributed by atoms with Gasteiger partial charge in [0.1, 0.15) is 17.9 Å². The fourth-order valence-electron chi connectivity index (χ4n) is 4.30. The highest BCUT2D eigenvalue weighted by Crippen LogP contribution is 2.27. The Labute approximate surface area is 299 Å². The Morgan fingerprint density at radius 2 is 1.53 bits per heavy atom. The number of nitrogens with one attached hydrogen (secondary N) is 1. The van der Waals surface area contributed by atoms with Crippen molar-refractivity contribution in [2.24, 2.45) is 5.73 Å². The van der Waals surface area contributed by atoms with Gasteiger partial charge in [0.2, 0.25) is 5.91 Å². The molecular formula is C32H39F6N3O8S2. The van der Waals surface area contributed by atoms with E-state index in [1.54, 1.807) is 11.8 Å². The molecule has 51 heavy (non-hydrogen) atoms. The lowest BCUT2D eigenvalue weighted by Crippen LogP contribution is -2.50. The smallest absolute Gasteiger partial charge is 0.489 e. The number of rotatable bonds is 13. The van der Waals surface area contributed by atoms with Gasteiger partial charge in [-0.25, -0.2) is 14.4 Å². The average molecular weight is 772 g/mol. The molecule has 0 unspecified atom stereocenters. The molecule has 1 saturated heterocycles. The number of benzene rings is 2. The lowest BCUT2D eigenvalue weighted by Gasteiger charge is -2.24. The van der Waals surface area contributed by atoms with Crippen LogP contribution >= 0.6 is 24.4 Å². The van der Waals surface area contributed by atoms with Crippen LogP contribution in [0.15, 0.2) is 66.7 Å². The molecule has 3 rings (SSSR count). The van der Waals surface area contributed by atoms with Crippen LogP contribution in [0, 0.1) is 0 Å². The van der Waals surface area contributed by atoms with E-state index >= 15 is 0 Å². The second-order valence-electron chi connectivity index (χ2n) is 10.6. The van der Waals surface area contributed by atoms with Crippen LogP contribution in [0.2, 0.25) is 0 Å². The molecule has 1 amide bonds. The Balaban J connectivity index is 0.000000780. The van der Waals surface area contributed by atoms with E-state index < -0.39 is 42.3 Å². The summed E-state index contributed by atoms with van der Waals surface area (Å²) in [6.07, 6.45) is -3.50. The third-order valence-electron chi connectivity index (χ3n) is 6.76. The molecule has 19 heteroatoms. The average Bonchev–Trinajstić information content (AvgIpc) is 3.48. The second-order valence-corrected chi connectivity index (χ2v) is 11.9. The molecule has 0 spiro atoms. The van der Waals surface area contributed by atoms with Crippen molar-refractivity contribution in [2.45, 2.75) is 49.4 Å². The van der Waals surface area contributed by atoms with E-state index in [9.17, 15) is 35.9 Å². The van der Waals surface area contributed by atoms with Gasteiger partial charge in [0.05, 0.1) is 13.2 Å². The lowest BCUT2D eigenvalue weighted by molar-refractivity contribution is -0.193. The zero-order valence-electron chi connectivity index (χ0n) is 27.4. The zero-order chi connectivity index (χ0) is 38.8. The molecule has 284 valence electrons. The first-order valence-corrected chi connectivity index (χ1v) is 16.9. The summed E-state index contributed by atoms with van der Waals surface area (Å²) in [6, 6.07) is 16.9. The highest BCUT2D eigenvalue weighted by Gasteiger charge is 2.40. The van der Waals surface area contributed by atoms with Gasteiger partial charge in [0.25, 0.3) is 0 Å². The number of alkyl halides is 6. The number of thiol groups is 1. The van der Waals surface area contributed by atoms with E-state index in [4.69, 9.17) is 35.0 Å². The fraction of sp³-hybridized carbons (Fsp3) is 0.438. The monoisotopic (exact) mass is 771 g/mol. The molecule has 0 aromatic heterocycles. The number of likely N-dealkylation sites (tertiary alicyclic amines) is 1. The maximum absolute atomic E-state index is 13.3. The summed E-state index contributed by atoms with van der Waals surface area (Å²) in [5.74, 6) is -4.11. The number of methoxy groups -OCH3 is 1. The first-order chi connectivity index (χ1) is 23.8. The number of thioether (sulfide) groups is 1. The maximum Gasteiger partial charge on any atom is 0.490 e. The number of carboxylic acids is 2. The van der Waals surface area contributed by atoms with Crippen LogP contribution in [0.3, 0.4) is 0 Å². The number of halogens is 6. The van der Waals surface area contributed by atoms with Crippen LogP contribution in [-0.4, -0.2) is 113 Å². The molecule has 5 N–H and O–H groups in total. The first-order valence-electron chi connectivity index (χ1n) is 14.9. The topological polar surface area (TPSA) is 168 Å². The van der Waals surface area contributed by atoms with Crippen molar-refractivity contribution in [2.75, 3.05) is 38.0 Å². The fourth-order valence-corrected chi connectivity index (χ4v) is 4.89. The summed E-state index contributed by atoms with van der Waals surface area (Å²) in [6.45, 7) is 1.12. The largest absolute Gasteiger partial charge is 0.490 e. The van der Waals surface area contributed by atoms with Crippen LogP contribution in [0.25, 0.3) is 11.1 Å². The Morgan fingerprint density at radius 3 is 2.00 bits per heavy atom. The van der Waals surface area contributed by atoms with Crippen molar-refractivity contribution in [3.63, 3.8) is 0 Å². The molecule has 4 atom stereocenters. The molecule has 0 bridgehead atoms. The van der Waals surface area contributed by atoms with Crippen molar-refractivity contribution < 1.29 is 65.2 Å². The van der Waals surface area contributed by atoms with Crippen LogP contribution < -0.4 is 15.8 Å². The van der Waals surface area contributed by atoms with E-state index in [2.05, 4.69) is 35.0 Å². The minimum absolute atomic E-state index is 0.149. The number of hydrogen-bond acceptors (Lipinski definition) is 10. The number of carbonyl (C=O) groups excluding carboxylic acids is 2. The standard InChI is InChI=1S/C28H37N3O4S2.2C2HF3O2/c1-34-28(33)25(14-16-37-2)30-27(32)26-17-24(18-31(26)15-6-9-22(29)19-36)35-23-12-10-21(11-13-23)20-7-4-3-5-8-20;2*3-2(4,5)1(6)7/h3-13,22,24-26,36H,14-19,29H2,1-2H3,(H,30,32);2*(H,6,7)/b9-6+;;/t22-,24+,25+,26+;;/m1../s1. The molecule has 1 aliphatic heterocycles. The summed E-state index contributed by atoms with van der Waals surface area (Å²) in [5.41, 5.74) is 8.22. The van der Waals surface area contributed by atoms with E-state index in [0.29, 0.717) is 31.7 Å². The van der Waals surface area contributed by atoms with Gasteiger partial charge >= 0.3 is 30.3 Å². The molecule has 0 radical (unpaired) electrons. The number of nitrogens with zero attached hydrogens (tertiary/aromatic N) is 1. The van der Waals surface area contributed by atoms with Crippen LogP contribution in [0.1, 0.15) is 12.8 Å². The zero-order valence-corrected chi connectivity index (χ0v) is 29.1. The van der Waals surface area contributed by atoms with Gasteiger partial charge in [-0.1, -0.05) is 54.6 Å². The summed E-state index contributed by atoms with van der Waals surface area (Å²) >= 11 is 5.84. The quantitative estimate of drug-likeness (QED) is 0.0832. The third-order valence-corrected chi connectivity index (χ3v) is 7.83. The molecule has 0 saturated carbocycles. The van der Waals surface area contributed by atoms with Crippen molar-refractivity contribution >= 4 is 48.2 Å². The summed E-state index contributed by atoms with van der Waals surface area (Å²) < 4.78 is 74.7. The molecule has 1 fully saturated rings. The van der Waals surface area contributed by atoms with Gasteiger partial charge in [-0.2, -0.15) is 50.7 Å². The molecule has 0 aliphatic carbocycles. The number of carbonyl (C=O) groups is 4. The lowest BCUT2D eigenvalue weighted by atomic mass is 10.1. The van der Waals surface area contributed by atoms with Crippen LogP contribution in [0.4, 0.5) is 26.3 Å². The number of nitrogens with two attached hydrogens (primary N) is 1. The predicted molar refractivity (Wildman–Crippen MR) is 182 cm³/mol. The normalized spacial score (nSPS) is 17.2. The van der Waals surface area contributed by atoms with Crippen molar-refractivity contribution in [3.05, 3.63) is 66.7 Å². The molecular weight excluding hydrogens is 732 g/mol. The minimum Gasteiger partial charge on any atom is -0.489 e. The van der Waals surface area contributed by atoms with Crippen LogP contribution in [-0.2, 0) is 23.9 Å². The SMILES string of the molecule is COC(=O)[C@H](CCSC)NC(=O)[C@@H]1C[C@H](Oc2ccc(-c3ccccc3)cc2)CN1C/C=C/[C@@H](N)CS.O=C(O)C(F)(F)F.O=C(O)C(F)(F)F. The van der Waals surface area contributed by atoms with Crippen molar-refractivity contribution in [1.82, 2.24) is 10.2 Å². The van der Waals surface area contributed by atoms with Crippen molar-refractivity contribution in [3.8, 4) is 16.9 Å². The molecule has 1 heterocycles. The number of amides is 1. The van der Waals surface area contributed by atoms with Gasteiger partial charge in [0, 0.05) is 31.3 Å². The minimum atomic E-state index is -5.08. The highest BCUT2D eigenvalue weighted by molar-refractivity contribution is 7.98. The van der Waals surface area contributed by atoms with Crippen LogP contribution in [0.5, 0.6) is 5.75 Å². The Morgan fingerprint density at radius 1 is 1.00 bits per heavy atom. The first kappa shape index (κ1) is 45.1. The number of aliphatic carboxylic acids is 2. The number of carboxylic acid groups (broad SMARTS) is 2. The predicted octanol–water partition coefficient (Wildman–Crippen LogP) is 4.67. The van der Waals surface area contributed by atoms with Crippen molar-refractivity contribution in [1.29, 1.82) is 0 Å². The van der Waals surface area contributed by atoms with E-state index in [0.717, 1.165) is 22.6 Å². The summed E-state index contributed by atoms with van der Waals surface area (Å²) in [5, 5.41) is 17.2. The summed E-state index contributed by atoms with van der Waals surface area (Å²) in [4.78, 5) is 45.4. The van der Waals surface area contributed by atoms with Gasteiger partial charge in [0.15, 0.2) is 0 Å². The van der Waals surface area contributed by atoms with Gasteiger partial charge < -0.3 is 30.7 Å². The third kappa shape index (κ3) is 17.2. The maximum atomic E-state index is 13.3. The van der Waals surface area contributed by atoms with E-state index in [-0.39, 0.29) is 18.1 Å². The van der Waals surface area contributed by atoms with Gasteiger partial charge in [-0.05, 0) is 41.7 Å². The Kier molecular flexibility index (Phi) is 19.5.